The Labute approximate surface area is 145 Å². The summed E-state index contributed by atoms with van der Waals surface area (Å²) in [5.74, 6) is 0.479. The van der Waals surface area contributed by atoms with Gasteiger partial charge in [0.05, 0.1) is 17.6 Å². The van der Waals surface area contributed by atoms with E-state index in [9.17, 15) is 21.6 Å². The topological polar surface area (TPSA) is 55.4 Å². The summed E-state index contributed by atoms with van der Waals surface area (Å²) >= 11 is 2.78. The Kier molecular flexibility index (Phi) is 5.56. The van der Waals surface area contributed by atoms with Gasteiger partial charge in [-0.05, 0) is 24.3 Å². The molecule has 0 radical (unpaired) electrons. The molecule has 4 nitrogen and oxygen atoms in total. The Hall–Kier alpha value is -1.58. The van der Waals surface area contributed by atoms with E-state index in [4.69, 9.17) is 4.74 Å². The summed E-state index contributed by atoms with van der Waals surface area (Å²) in [6.07, 6.45) is -4.66. The first kappa shape index (κ1) is 18.8. The van der Waals surface area contributed by atoms with Gasteiger partial charge in [0.2, 0.25) is 10.0 Å². The molecule has 0 aromatic heterocycles. The van der Waals surface area contributed by atoms with Crippen LogP contribution in [-0.4, -0.2) is 15.5 Å². The molecule has 0 atom stereocenters. The number of hydrogen-bond acceptors (Lipinski definition) is 3. The van der Waals surface area contributed by atoms with Crippen LogP contribution in [0.15, 0.2) is 51.8 Å². The molecule has 0 bridgehead atoms. The highest BCUT2D eigenvalue weighted by atomic mass is 79.9. The van der Waals surface area contributed by atoms with Crippen molar-refractivity contribution >= 4 is 26.0 Å². The monoisotopic (exact) mass is 423 g/mol. The molecule has 0 saturated carbocycles. The SMILES string of the molecule is COc1ccccc1CNS(=O)(=O)c1ccc(Br)c(C(F)(F)F)c1. The molecule has 0 fully saturated rings. The van der Waals surface area contributed by atoms with Gasteiger partial charge in [0.1, 0.15) is 5.75 Å². The molecule has 0 spiro atoms. The normalized spacial score (nSPS) is 12.2. The van der Waals surface area contributed by atoms with Crippen LogP contribution < -0.4 is 9.46 Å². The molecule has 2 rings (SSSR count). The van der Waals surface area contributed by atoms with Crippen molar-refractivity contribution in [3.8, 4) is 5.75 Å². The molecule has 2 aromatic carbocycles. The van der Waals surface area contributed by atoms with Gasteiger partial charge in [-0.2, -0.15) is 13.2 Å². The van der Waals surface area contributed by atoms with E-state index < -0.39 is 26.7 Å². The number of nitrogens with one attached hydrogen (secondary N) is 1. The lowest BCUT2D eigenvalue weighted by Crippen LogP contribution is -2.24. The summed E-state index contributed by atoms with van der Waals surface area (Å²) in [6, 6.07) is 9.49. The average Bonchev–Trinajstić information content (AvgIpc) is 2.52. The lowest BCUT2D eigenvalue weighted by Gasteiger charge is -2.13. The third-order valence-electron chi connectivity index (χ3n) is 3.20. The summed E-state index contributed by atoms with van der Waals surface area (Å²) in [6.45, 7) is -0.107. The second-order valence-electron chi connectivity index (χ2n) is 4.78. The van der Waals surface area contributed by atoms with Crippen molar-refractivity contribution in [3.05, 3.63) is 58.1 Å². The Morgan fingerprint density at radius 1 is 1.17 bits per heavy atom. The van der Waals surface area contributed by atoms with Crippen LogP contribution in [0.3, 0.4) is 0 Å². The predicted molar refractivity (Wildman–Crippen MR) is 86.2 cm³/mol. The third kappa shape index (κ3) is 4.28. The van der Waals surface area contributed by atoms with Crippen LogP contribution in [0.5, 0.6) is 5.75 Å². The van der Waals surface area contributed by atoms with Crippen LogP contribution in [0, 0.1) is 0 Å². The maximum Gasteiger partial charge on any atom is 0.417 e. The Bertz CT molecular complexity index is 838. The Balaban J connectivity index is 2.28. The molecular formula is C15H13BrF3NO3S. The average molecular weight is 424 g/mol. The largest absolute Gasteiger partial charge is 0.496 e. The zero-order valence-electron chi connectivity index (χ0n) is 12.4. The second-order valence-corrected chi connectivity index (χ2v) is 7.40. The first-order valence-corrected chi connectivity index (χ1v) is 8.91. The van der Waals surface area contributed by atoms with Crippen molar-refractivity contribution in [3.63, 3.8) is 0 Å². The first-order chi connectivity index (χ1) is 11.1. The number of para-hydroxylation sites is 1. The molecule has 0 heterocycles. The van der Waals surface area contributed by atoms with Crippen LogP contribution >= 0.6 is 15.9 Å². The maximum atomic E-state index is 12.9. The van der Waals surface area contributed by atoms with E-state index in [0.717, 1.165) is 12.1 Å². The lowest BCUT2D eigenvalue weighted by atomic mass is 10.2. The molecule has 0 unspecified atom stereocenters. The van der Waals surface area contributed by atoms with Crippen LogP contribution in [0.1, 0.15) is 11.1 Å². The number of hydrogen-bond donors (Lipinski definition) is 1. The highest BCUT2D eigenvalue weighted by Gasteiger charge is 2.34. The smallest absolute Gasteiger partial charge is 0.417 e. The van der Waals surface area contributed by atoms with Crippen LogP contribution in [-0.2, 0) is 22.7 Å². The fourth-order valence-electron chi connectivity index (χ4n) is 1.99. The number of benzene rings is 2. The van der Waals surface area contributed by atoms with Gasteiger partial charge in [0.25, 0.3) is 0 Å². The molecule has 2 aromatic rings. The van der Waals surface area contributed by atoms with E-state index >= 15 is 0 Å². The quantitative estimate of drug-likeness (QED) is 0.791. The van der Waals surface area contributed by atoms with Crippen molar-refractivity contribution in [1.82, 2.24) is 4.72 Å². The molecule has 0 amide bonds. The lowest BCUT2D eigenvalue weighted by molar-refractivity contribution is -0.138. The van der Waals surface area contributed by atoms with E-state index in [1.54, 1.807) is 24.3 Å². The maximum absolute atomic E-state index is 12.9. The minimum Gasteiger partial charge on any atom is -0.496 e. The van der Waals surface area contributed by atoms with Gasteiger partial charge in [-0.3, -0.25) is 0 Å². The van der Waals surface area contributed by atoms with Crippen molar-refractivity contribution in [2.45, 2.75) is 17.6 Å². The van der Waals surface area contributed by atoms with Gasteiger partial charge < -0.3 is 4.74 Å². The minimum absolute atomic E-state index is 0.107. The zero-order chi connectivity index (χ0) is 18.0. The molecule has 0 aliphatic rings. The fraction of sp³-hybridized carbons (Fsp3) is 0.200. The third-order valence-corrected chi connectivity index (χ3v) is 5.29. The second kappa shape index (κ2) is 7.12. The molecule has 1 N–H and O–H groups in total. The Morgan fingerprint density at radius 2 is 1.83 bits per heavy atom. The highest BCUT2D eigenvalue weighted by molar-refractivity contribution is 9.10. The van der Waals surface area contributed by atoms with Gasteiger partial charge in [-0.15, -0.1) is 0 Å². The van der Waals surface area contributed by atoms with E-state index in [1.807, 2.05) is 0 Å². The summed E-state index contributed by atoms with van der Waals surface area (Å²) in [7, 11) is -2.67. The zero-order valence-corrected chi connectivity index (χ0v) is 14.8. The standard InChI is InChI=1S/C15H13BrF3NO3S/c1-23-14-5-3-2-4-10(14)9-20-24(21,22)11-6-7-13(16)12(8-11)15(17,18)19/h2-8,20H,9H2,1H3. The van der Waals surface area contributed by atoms with Gasteiger partial charge in [-0.25, -0.2) is 13.1 Å². The van der Waals surface area contributed by atoms with Crippen LogP contribution in [0.25, 0.3) is 0 Å². The summed E-state index contributed by atoms with van der Waals surface area (Å²) in [5, 5.41) is 0. The van der Waals surface area contributed by atoms with E-state index in [1.165, 1.54) is 7.11 Å². The summed E-state index contributed by atoms with van der Waals surface area (Å²) < 4.78 is 70.4. The number of methoxy groups -OCH3 is 1. The van der Waals surface area contributed by atoms with Gasteiger partial charge in [-0.1, -0.05) is 34.1 Å². The van der Waals surface area contributed by atoms with Gasteiger partial charge in [0.15, 0.2) is 0 Å². The molecule has 0 aliphatic heterocycles. The molecular weight excluding hydrogens is 411 g/mol. The molecule has 0 saturated heterocycles. The molecule has 0 aliphatic carbocycles. The van der Waals surface area contributed by atoms with Crippen LogP contribution in [0.2, 0.25) is 0 Å². The first-order valence-electron chi connectivity index (χ1n) is 6.63. The number of ether oxygens (including phenoxy) is 1. The highest BCUT2D eigenvalue weighted by Crippen LogP contribution is 2.36. The Morgan fingerprint density at radius 3 is 2.46 bits per heavy atom. The molecule has 9 heteroatoms. The van der Waals surface area contributed by atoms with E-state index in [0.29, 0.717) is 17.4 Å². The molecule has 24 heavy (non-hydrogen) atoms. The number of halogens is 4. The van der Waals surface area contributed by atoms with E-state index in [-0.39, 0.29) is 11.0 Å². The molecule has 130 valence electrons. The summed E-state index contributed by atoms with van der Waals surface area (Å²) in [5.41, 5.74) is -0.487. The van der Waals surface area contributed by atoms with E-state index in [2.05, 4.69) is 20.7 Å². The fourth-order valence-corrected chi connectivity index (χ4v) is 3.50. The van der Waals surface area contributed by atoms with Crippen molar-refractivity contribution in [2.75, 3.05) is 7.11 Å². The summed E-state index contributed by atoms with van der Waals surface area (Å²) in [4.78, 5) is -0.465. The number of sulfonamides is 1. The number of rotatable bonds is 5. The van der Waals surface area contributed by atoms with Crippen molar-refractivity contribution in [1.29, 1.82) is 0 Å². The van der Waals surface area contributed by atoms with Crippen molar-refractivity contribution in [2.24, 2.45) is 0 Å². The van der Waals surface area contributed by atoms with Gasteiger partial charge in [0, 0.05) is 16.6 Å². The minimum atomic E-state index is -4.66. The predicted octanol–water partition coefficient (Wildman–Crippen LogP) is 3.96. The van der Waals surface area contributed by atoms with Crippen molar-refractivity contribution < 1.29 is 26.3 Å². The number of alkyl halides is 3. The van der Waals surface area contributed by atoms with Gasteiger partial charge >= 0.3 is 6.18 Å². The van der Waals surface area contributed by atoms with Crippen LogP contribution in [0.4, 0.5) is 13.2 Å².